The van der Waals surface area contributed by atoms with Crippen LogP contribution in [0.2, 0.25) is 0 Å². The van der Waals surface area contributed by atoms with Crippen molar-refractivity contribution in [2.24, 2.45) is 0 Å². The molecular formula is C10H14N2O3. The number of nitrogens with zero attached hydrogens (tertiary/aromatic N) is 1. The Kier molecular flexibility index (Phi) is 3.01. The topological polar surface area (TPSA) is 64.4 Å². The highest BCUT2D eigenvalue weighted by Crippen LogP contribution is 2.10. The van der Waals surface area contributed by atoms with Crippen molar-refractivity contribution in [2.75, 3.05) is 13.2 Å². The molecule has 15 heavy (non-hydrogen) atoms. The van der Waals surface area contributed by atoms with Gasteiger partial charge >= 0.3 is 0 Å². The van der Waals surface area contributed by atoms with Gasteiger partial charge in [0.05, 0.1) is 6.10 Å². The summed E-state index contributed by atoms with van der Waals surface area (Å²) in [6.07, 6.45) is 2.24. The highest BCUT2D eigenvalue weighted by atomic mass is 16.5. The quantitative estimate of drug-likeness (QED) is 0.804. The van der Waals surface area contributed by atoms with E-state index in [1.54, 1.807) is 13.0 Å². The Labute approximate surface area is 87.8 Å². The highest BCUT2D eigenvalue weighted by Gasteiger charge is 2.17. The fourth-order valence-electron chi connectivity index (χ4n) is 1.58. The van der Waals surface area contributed by atoms with Gasteiger partial charge in [-0.1, -0.05) is 5.16 Å². The number of carbonyl (C=O) groups excluding carboxylic acids is 1. The summed E-state index contributed by atoms with van der Waals surface area (Å²) in [7, 11) is 0. The first-order valence-corrected chi connectivity index (χ1v) is 5.09. The average molecular weight is 210 g/mol. The number of aromatic nitrogens is 1. The van der Waals surface area contributed by atoms with Crippen molar-refractivity contribution in [2.45, 2.75) is 25.9 Å². The normalized spacial score (nSPS) is 20.5. The van der Waals surface area contributed by atoms with E-state index in [9.17, 15) is 4.79 Å². The van der Waals surface area contributed by atoms with Crippen LogP contribution in [0.15, 0.2) is 10.6 Å². The molecule has 5 nitrogen and oxygen atoms in total. The molecular weight excluding hydrogens is 196 g/mol. The third-order valence-electron chi connectivity index (χ3n) is 2.37. The van der Waals surface area contributed by atoms with Gasteiger partial charge < -0.3 is 14.6 Å². The number of nitrogens with one attached hydrogen (secondary N) is 1. The number of hydrogen-bond donors (Lipinski definition) is 1. The summed E-state index contributed by atoms with van der Waals surface area (Å²) >= 11 is 0. The molecule has 0 bridgehead atoms. The molecule has 1 fully saturated rings. The van der Waals surface area contributed by atoms with Crippen LogP contribution in [0.3, 0.4) is 0 Å². The number of carbonyl (C=O) groups is 1. The SMILES string of the molecule is Cc1cc(C(=O)NCC2CCCO2)no1. The van der Waals surface area contributed by atoms with Crippen LogP contribution in [0.25, 0.3) is 0 Å². The highest BCUT2D eigenvalue weighted by molar-refractivity contribution is 5.92. The number of amides is 1. The minimum absolute atomic E-state index is 0.155. The molecule has 0 radical (unpaired) electrons. The minimum atomic E-state index is -0.206. The Morgan fingerprint density at radius 1 is 1.73 bits per heavy atom. The summed E-state index contributed by atoms with van der Waals surface area (Å²) in [6.45, 7) is 3.10. The van der Waals surface area contributed by atoms with E-state index in [-0.39, 0.29) is 12.0 Å². The molecule has 1 unspecified atom stereocenters. The molecule has 0 spiro atoms. The van der Waals surface area contributed by atoms with Crippen LogP contribution in [0.1, 0.15) is 29.1 Å². The summed E-state index contributed by atoms with van der Waals surface area (Å²) in [6, 6.07) is 1.62. The van der Waals surface area contributed by atoms with Crippen LogP contribution < -0.4 is 5.32 Å². The second kappa shape index (κ2) is 4.44. The summed E-state index contributed by atoms with van der Waals surface area (Å²) in [5.74, 6) is 0.430. The fourth-order valence-corrected chi connectivity index (χ4v) is 1.58. The second-order valence-corrected chi connectivity index (χ2v) is 3.67. The Morgan fingerprint density at radius 3 is 3.20 bits per heavy atom. The molecule has 0 aromatic carbocycles. The maximum atomic E-state index is 11.5. The van der Waals surface area contributed by atoms with E-state index in [0.717, 1.165) is 19.4 Å². The number of hydrogen-bond acceptors (Lipinski definition) is 4. The van der Waals surface area contributed by atoms with Crippen LogP contribution in [0.4, 0.5) is 0 Å². The number of rotatable bonds is 3. The van der Waals surface area contributed by atoms with Gasteiger partial charge in [0.25, 0.3) is 5.91 Å². The molecule has 1 N–H and O–H groups in total. The van der Waals surface area contributed by atoms with E-state index in [4.69, 9.17) is 9.26 Å². The molecule has 2 rings (SSSR count). The molecule has 5 heteroatoms. The minimum Gasteiger partial charge on any atom is -0.376 e. The van der Waals surface area contributed by atoms with E-state index < -0.39 is 0 Å². The van der Waals surface area contributed by atoms with Gasteiger partial charge in [0.15, 0.2) is 5.69 Å². The summed E-state index contributed by atoms with van der Waals surface area (Å²) in [4.78, 5) is 11.5. The maximum absolute atomic E-state index is 11.5. The van der Waals surface area contributed by atoms with Crippen LogP contribution in [-0.2, 0) is 4.74 Å². The van der Waals surface area contributed by atoms with E-state index >= 15 is 0 Å². The van der Waals surface area contributed by atoms with E-state index in [2.05, 4.69) is 10.5 Å². The monoisotopic (exact) mass is 210 g/mol. The van der Waals surface area contributed by atoms with Crippen molar-refractivity contribution < 1.29 is 14.1 Å². The molecule has 82 valence electrons. The van der Waals surface area contributed by atoms with E-state index in [1.165, 1.54) is 0 Å². The van der Waals surface area contributed by atoms with Gasteiger partial charge in [-0.25, -0.2) is 0 Å². The molecule has 1 aliphatic heterocycles. The summed E-state index contributed by atoms with van der Waals surface area (Å²) in [5.41, 5.74) is 0.325. The number of ether oxygens (including phenoxy) is 1. The van der Waals surface area contributed by atoms with Gasteiger partial charge in [0, 0.05) is 19.2 Å². The molecule has 1 saturated heterocycles. The predicted molar refractivity (Wildman–Crippen MR) is 52.5 cm³/mol. The lowest BCUT2D eigenvalue weighted by atomic mass is 10.2. The average Bonchev–Trinajstić information content (AvgIpc) is 2.84. The zero-order chi connectivity index (χ0) is 10.7. The lowest BCUT2D eigenvalue weighted by Gasteiger charge is -2.09. The largest absolute Gasteiger partial charge is 0.376 e. The predicted octanol–water partition coefficient (Wildman–Crippen LogP) is 0.892. The zero-order valence-corrected chi connectivity index (χ0v) is 8.66. The molecule has 1 aromatic heterocycles. The third-order valence-corrected chi connectivity index (χ3v) is 2.37. The first-order chi connectivity index (χ1) is 7.25. The van der Waals surface area contributed by atoms with Gasteiger partial charge in [-0.3, -0.25) is 4.79 Å². The molecule has 1 amide bonds. The van der Waals surface area contributed by atoms with Crippen molar-refractivity contribution in [3.63, 3.8) is 0 Å². The Bertz CT molecular complexity index is 342. The third kappa shape index (κ3) is 2.56. The Hall–Kier alpha value is -1.36. The lowest BCUT2D eigenvalue weighted by Crippen LogP contribution is -2.31. The molecule has 2 heterocycles. The van der Waals surface area contributed by atoms with Crippen LogP contribution in [0, 0.1) is 6.92 Å². The summed E-state index contributed by atoms with van der Waals surface area (Å²) in [5, 5.41) is 6.40. The van der Waals surface area contributed by atoms with Crippen LogP contribution >= 0.6 is 0 Å². The Morgan fingerprint density at radius 2 is 2.60 bits per heavy atom. The van der Waals surface area contributed by atoms with Crippen molar-refractivity contribution in [3.05, 3.63) is 17.5 Å². The smallest absolute Gasteiger partial charge is 0.273 e. The van der Waals surface area contributed by atoms with Crippen LogP contribution in [0.5, 0.6) is 0 Å². The van der Waals surface area contributed by atoms with Crippen LogP contribution in [-0.4, -0.2) is 30.3 Å². The number of aryl methyl sites for hydroxylation is 1. The van der Waals surface area contributed by atoms with Gasteiger partial charge in [-0.05, 0) is 19.8 Å². The van der Waals surface area contributed by atoms with Crippen molar-refractivity contribution in [1.82, 2.24) is 10.5 Å². The maximum Gasteiger partial charge on any atom is 0.273 e. The molecule has 1 atom stereocenters. The second-order valence-electron chi connectivity index (χ2n) is 3.67. The van der Waals surface area contributed by atoms with Crippen molar-refractivity contribution >= 4 is 5.91 Å². The molecule has 0 saturated carbocycles. The lowest BCUT2D eigenvalue weighted by molar-refractivity contribution is 0.0850. The van der Waals surface area contributed by atoms with Crippen molar-refractivity contribution in [3.8, 4) is 0 Å². The Balaban J connectivity index is 1.81. The fraction of sp³-hybridized carbons (Fsp3) is 0.600. The van der Waals surface area contributed by atoms with E-state index in [1.807, 2.05) is 0 Å². The first-order valence-electron chi connectivity index (χ1n) is 5.09. The van der Waals surface area contributed by atoms with Gasteiger partial charge in [0.1, 0.15) is 5.76 Å². The van der Waals surface area contributed by atoms with Gasteiger partial charge in [0.2, 0.25) is 0 Å². The first kappa shape index (κ1) is 10.2. The molecule has 0 aliphatic carbocycles. The zero-order valence-electron chi connectivity index (χ0n) is 8.66. The standard InChI is InChI=1S/C10H14N2O3/c1-7-5-9(12-15-7)10(13)11-6-8-3-2-4-14-8/h5,8H,2-4,6H2,1H3,(H,11,13). The summed E-state index contributed by atoms with van der Waals surface area (Å²) < 4.78 is 10.2. The molecule has 1 aromatic rings. The molecule has 1 aliphatic rings. The van der Waals surface area contributed by atoms with E-state index in [0.29, 0.717) is 18.0 Å². The van der Waals surface area contributed by atoms with Gasteiger partial charge in [-0.15, -0.1) is 0 Å². The van der Waals surface area contributed by atoms with Crippen molar-refractivity contribution in [1.29, 1.82) is 0 Å². The van der Waals surface area contributed by atoms with Gasteiger partial charge in [-0.2, -0.15) is 0 Å².